The molecule has 3 rings (SSSR count). The maximum Gasteiger partial charge on any atom is 0.328 e. The van der Waals surface area contributed by atoms with E-state index < -0.39 is 23.0 Å². The average Bonchev–Trinajstić information content (AvgIpc) is 3.05. The topological polar surface area (TPSA) is 73.9 Å². The molecule has 0 aliphatic heterocycles. The number of nitrogens with one attached hydrogen (secondary N) is 1. The lowest BCUT2D eigenvalue weighted by Gasteiger charge is -2.47. The Morgan fingerprint density at radius 2 is 1.54 bits per heavy atom. The van der Waals surface area contributed by atoms with Crippen molar-refractivity contribution in [2.75, 3.05) is 20.3 Å². The summed E-state index contributed by atoms with van der Waals surface area (Å²) in [5.41, 5.74) is -0.0606. The van der Waals surface area contributed by atoms with Gasteiger partial charge in [-0.3, -0.25) is 4.79 Å². The number of carbonyl (C=O) groups is 2. The number of hydrogen-bond donors (Lipinski definition) is 1. The zero-order valence-corrected chi connectivity index (χ0v) is 21.6. The summed E-state index contributed by atoms with van der Waals surface area (Å²) in [5, 5.41) is 3.03. The third kappa shape index (κ3) is 5.60. The van der Waals surface area contributed by atoms with E-state index in [1.54, 1.807) is 14.0 Å². The van der Waals surface area contributed by atoms with E-state index >= 15 is 0 Å². The fourth-order valence-corrected chi connectivity index (χ4v) is 5.19. The number of esters is 1. The van der Waals surface area contributed by atoms with Crippen LogP contribution in [0.4, 0.5) is 0 Å². The zero-order valence-electron chi connectivity index (χ0n) is 21.6. The van der Waals surface area contributed by atoms with E-state index in [4.69, 9.17) is 14.2 Å². The molecule has 1 aliphatic rings. The summed E-state index contributed by atoms with van der Waals surface area (Å²) >= 11 is 0. The molecule has 6 heteroatoms. The minimum absolute atomic E-state index is 0.243. The molecule has 0 aromatic heterocycles. The molecule has 0 heterocycles. The van der Waals surface area contributed by atoms with Crippen molar-refractivity contribution in [3.63, 3.8) is 0 Å². The second-order valence-corrected chi connectivity index (χ2v) is 10.2. The number of hydrogen-bond acceptors (Lipinski definition) is 5. The second-order valence-electron chi connectivity index (χ2n) is 10.2. The van der Waals surface area contributed by atoms with Crippen molar-refractivity contribution in [1.29, 1.82) is 0 Å². The molecule has 1 fully saturated rings. The van der Waals surface area contributed by atoms with Crippen molar-refractivity contribution < 1.29 is 23.8 Å². The Hall–Kier alpha value is -2.70. The summed E-state index contributed by atoms with van der Waals surface area (Å²) in [6.07, 6.45) is 1.63. The van der Waals surface area contributed by atoms with Gasteiger partial charge in [0.2, 0.25) is 0 Å². The molecule has 35 heavy (non-hydrogen) atoms. The molecule has 3 atom stereocenters. The first-order valence-electron chi connectivity index (χ1n) is 12.4. The molecule has 190 valence electrons. The highest BCUT2D eigenvalue weighted by Gasteiger charge is 2.65. The van der Waals surface area contributed by atoms with Crippen molar-refractivity contribution in [3.05, 3.63) is 71.8 Å². The Labute approximate surface area is 209 Å². The molecule has 0 unspecified atom stereocenters. The lowest BCUT2D eigenvalue weighted by molar-refractivity contribution is -0.177. The molecule has 0 bridgehead atoms. The highest BCUT2D eigenvalue weighted by molar-refractivity contribution is 5.91. The van der Waals surface area contributed by atoms with E-state index in [1.807, 2.05) is 60.7 Å². The summed E-state index contributed by atoms with van der Waals surface area (Å²) in [4.78, 5) is 27.0. The van der Waals surface area contributed by atoms with E-state index in [0.717, 1.165) is 17.5 Å². The van der Waals surface area contributed by atoms with Crippen LogP contribution >= 0.6 is 0 Å². The summed E-state index contributed by atoms with van der Waals surface area (Å²) < 4.78 is 17.5. The number of rotatable bonds is 11. The van der Waals surface area contributed by atoms with E-state index in [1.165, 1.54) is 0 Å². The summed E-state index contributed by atoms with van der Waals surface area (Å²) in [6, 6.07) is 18.7. The molecule has 1 N–H and O–H groups in total. The van der Waals surface area contributed by atoms with Gasteiger partial charge in [0.15, 0.2) is 5.60 Å². The van der Waals surface area contributed by atoms with Crippen LogP contribution in [0.3, 0.4) is 0 Å². The van der Waals surface area contributed by atoms with Crippen LogP contribution in [0.15, 0.2) is 60.7 Å². The Kier molecular flexibility index (Phi) is 8.73. The molecular formula is C29H39NO5. The van der Waals surface area contributed by atoms with Crippen LogP contribution < -0.4 is 5.32 Å². The van der Waals surface area contributed by atoms with Crippen molar-refractivity contribution >= 4 is 11.9 Å². The molecule has 0 spiro atoms. The monoisotopic (exact) mass is 481 g/mol. The van der Waals surface area contributed by atoms with Gasteiger partial charge in [0, 0.05) is 18.9 Å². The van der Waals surface area contributed by atoms with E-state index in [9.17, 15) is 9.59 Å². The Morgan fingerprint density at radius 1 is 0.943 bits per heavy atom. The zero-order chi connectivity index (χ0) is 25.5. The predicted octanol–water partition coefficient (Wildman–Crippen LogP) is 4.71. The lowest BCUT2D eigenvalue weighted by atomic mass is 9.63. The lowest BCUT2D eigenvalue weighted by Crippen LogP contribution is -2.61. The maximum atomic E-state index is 14.1. The van der Waals surface area contributed by atoms with Crippen molar-refractivity contribution in [2.45, 2.75) is 65.2 Å². The number of methoxy groups -OCH3 is 1. The van der Waals surface area contributed by atoms with Gasteiger partial charge in [0.05, 0.1) is 19.8 Å². The van der Waals surface area contributed by atoms with Gasteiger partial charge in [-0.2, -0.15) is 0 Å². The van der Waals surface area contributed by atoms with Gasteiger partial charge in [-0.05, 0) is 36.3 Å². The SMILES string of the molecule is CCOC(=O)[C@H](Cc1ccccc1)NC(=O)[C@]1(OCc2ccccc2)CC[C@@](C)(COC)C1(C)C. The quantitative estimate of drug-likeness (QED) is 0.471. The Balaban J connectivity index is 1.93. The first-order chi connectivity index (χ1) is 16.7. The first-order valence-corrected chi connectivity index (χ1v) is 12.4. The molecule has 1 amide bonds. The molecule has 6 nitrogen and oxygen atoms in total. The highest BCUT2D eigenvalue weighted by Crippen LogP contribution is 2.60. The largest absolute Gasteiger partial charge is 0.464 e. The minimum Gasteiger partial charge on any atom is -0.464 e. The smallest absolute Gasteiger partial charge is 0.328 e. The average molecular weight is 482 g/mol. The number of benzene rings is 2. The summed E-state index contributed by atoms with van der Waals surface area (Å²) in [6.45, 7) is 9.09. The van der Waals surface area contributed by atoms with Gasteiger partial charge in [-0.25, -0.2) is 4.79 Å². The minimum atomic E-state index is -1.14. The van der Waals surface area contributed by atoms with Gasteiger partial charge >= 0.3 is 5.97 Å². The third-order valence-corrected chi connectivity index (χ3v) is 7.86. The fraction of sp³-hybridized carbons (Fsp3) is 0.517. The third-order valence-electron chi connectivity index (χ3n) is 7.86. The summed E-state index contributed by atoms with van der Waals surface area (Å²) in [5.74, 6) is -0.731. The van der Waals surface area contributed by atoms with Crippen LogP contribution in [-0.4, -0.2) is 43.8 Å². The van der Waals surface area contributed by atoms with Crippen LogP contribution in [0, 0.1) is 10.8 Å². The molecule has 0 radical (unpaired) electrons. The second kappa shape index (κ2) is 11.4. The fourth-order valence-electron chi connectivity index (χ4n) is 5.19. The molecular weight excluding hydrogens is 442 g/mol. The Bertz CT molecular complexity index is 977. The maximum absolute atomic E-state index is 14.1. The van der Waals surface area contributed by atoms with Gasteiger partial charge in [0.25, 0.3) is 5.91 Å². The molecule has 2 aromatic carbocycles. The van der Waals surface area contributed by atoms with Gasteiger partial charge < -0.3 is 19.5 Å². The molecule has 2 aromatic rings. The van der Waals surface area contributed by atoms with Crippen molar-refractivity contribution in [3.8, 4) is 0 Å². The van der Waals surface area contributed by atoms with E-state index in [0.29, 0.717) is 26.1 Å². The van der Waals surface area contributed by atoms with Gasteiger partial charge in [0.1, 0.15) is 6.04 Å². The van der Waals surface area contributed by atoms with Crippen LogP contribution in [0.1, 0.15) is 51.7 Å². The summed E-state index contributed by atoms with van der Waals surface area (Å²) in [7, 11) is 1.68. The Morgan fingerprint density at radius 3 is 2.11 bits per heavy atom. The molecule has 1 saturated carbocycles. The van der Waals surface area contributed by atoms with Crippen LogP contribution in [0.5, 0.6) is 0 Å². The van der Waals surface area contributed by atoms with E-state index in [-0.39, 0.29) is 17.9 Å². The molecule has 1 aliphatic carbocycles. The predicted molar refractivity (Wildman–Crippen MR) is 136 cm³/mol. The molecule has 0 saturated heterocycles. The highest BCUT2D eigenvalue weighted by atomic mass is 16.5. The van der Waals surface area contributed by atoms with Crippen molar-refractivity contribution in [2.24, 2.45) is 10.8 Å². The first kappa shape index (κ1) is 26.9. The number of ether oxygens (including phenoxy) is 3. The standard InChI is InChI=1S/C29H39NO5/c1-6-34-25(31)24(19-22-13-9-7-10-14-22)30-26(32)29(35-20-23-15-11-8-12-16-23)18-17-28(4,21-33-5)27(29,2)3/h7-16,24H,6,17-21H2,1-5H3,(H,30,32)/t24-,28-,29+/m0/s1. The van der Waals surface area contributed by atoms with Gasteiger partial charge in [-0.1, -0.05) is 81.4 Å². The van der Waals surface area contributed by atoms with E-state index in [2.05, 4.69) is 26.1 Å². The number of amides is 1. The normalized spacial score (nSPS) is 24.0. The van der Waals surface area contributed by atoms with Crippen LogP contribution in [0.25, 0.3) is 0 Å². The van der Waals surface area contributed by atoms with Crippen LogP contribution in [-0.2, 0) is 36.8 Å². The van der Waals surface area contributed by atoms with Crippen molar-refractivity contribution in [1.82, 2.24) is 5.32 Å². The van der Waals surface area contributed by atoms with Gasteiger partial charge in [-0.15, -0.1) is 0 Å². The number of carbonyl (C=O) groups excluding carboxylic acids is 2. The van der Waals surface area contributed by atoms with Crippen LogP contribution in [0.2, 0.25) is 0 Å².